The van der Waals surface area contributed by atoms with Crippen molar-refractivity contribution in [2.45, 2.75) is 19.3 Å². The normalized spacial score (nSPS) is 18.6. The zero-order valence-electron chi connectivity index (χ0n) is 10.3. The highest BCUT2D eigenvalue weighted by molar-refractivity contribution is 6.02. The Labute approximate surface area is 97.2 Å². The molecule has 0 saturated carbocycles. The highest BCUT2D eigenvalue weighted by Crippen LogP contribution is 2.27. The van der Waals surface area contributed by atoms with E-state index in [0.29, 0.717) is 0 Å². The number of nitrogens with two attached hydrogens (primary N) is 1. The van der Waals surface area contributed by atoms with E-state index >= 15 is 0 Å². The molecule has 1 aliphatic rings. The van der Waals surface area contributed by atoms with Crippen LogP contribution in [0.3, 0.4) is 0 Å². The van der Waals surface area contributed by atoms with Crippen molar-refractivity contribution < 1.29 is 0 Å². The number of rotatable bonds is 1. The third kappa shape index (κ3) is 1.95. The number of hydrogen-bond donors (Lipinski definition) is 1. The summed E-state index contributed by atoms with van der Waals surface area (Å²) in [5, 5.41) is 3.89. The Balaban J connectivity index is 2.47. The molecule has 0 bridgehead atoms. The van der Waals surface area contributed by atoms with Crippen molar-refractivity contribution in [1.29, 1.82) is 0 Å². The summed E-state index contributed by atoms with van der Waals surface area (Å²) in [6.45, 7) is 0. The SMILES string of the molecule is C[N+](C)(C)c1ccc2c(c1)CCCC2=NN. The first-order valence-electron chi connectivity index (χ1n) is 5.74. The Bertz CT molecular complexity index is 427. The first-order valence-corrected chi connectivity index (χ1v) is 5.74. The number of fused-ring (bicyclic) bond motifs is 1. The summed E-state index contributed by atoms with van der Waals surface area (Å²) in [6.07, 6.45) is 3.30. The summed E-state index contributed by atoms with van der Waals surface area (Å²) in [5.74, 6) is 5.43. The lowest BCUT2D eigenvalue weighted by atomic mass is 9.89. The Morgan fingerprint density at radius 3 is 2.56 bits per heavy atom. The van der Waals surface area contributed by atoms with Gasteiger partial charge in [-0.15, -0.1) is 0 Å². The fourth-order valence-corrected chi connectivity index (χ4v) is 2.20. The van der Waals surface area contributed by atoms with E-state index in [-0.39, 0.29) is 0 Å². The van der Waals surface area contributed by atoms with Crippen molar-refractivity contribution in [2.75, 3.05) is 21.1 Å². The number of quaternary nitrogens is 1. The van der Waals surface area contributed by atoms with Gasteiger partial charge in [0.05, 0.1) is 26.9 Å². The fraction of sp³-hybridized carbons (Fsp3) is 0.462. The van der Waals surface area contributed by atoms with Crippen LogP contribution in [0.5, 0.6) is 0 Å². The van der Waals surface area contributed by atoms with Gasteiger partial charge in [0, 0.05) is 11.6 Å². The number of hydrogen-bond acceptors (Lipinski definition) is 2. The van der Waals surface area contributed by atoms with E-state index < -0.39 is 0 Å². The second-order valence-electron chi connectivity index (χ2n) is 5.28. The minimum absolute atomic E-state index is 0.850. The third-order valence-corrected chi connectivity index (χ3v) is 3.19. The summed E-state index contributed by atoms with van der Waals surface area (Å²) in [4.78, 5) is 0. The molecule has 0 spiro atoms. The van der Waals surface area contributed by atoms with Crippen LogP contribution in [-0.4, -0.2) is 26.9 Å². The minimum atomic E-state index is 0.850. The van der Waals surface area contributed by atoms with Crippen LogP contribution >= 0.6 is 0 Å². The molecule has 0 atom stereocenters. The average Bonchev–Trinajstić information content (AvgIpc) is 2.26. The van der Waals surface area contributed by atoms with E-state index in [4.69, 9.17) is 5.84 Å². The average molecular weight is 218 g/mol. The topological polar surface area (TPSA) is 38.4 Å². The maximum atomic E-state index is 5.43. The van der Waals surface area contributed by atoms with Crippen LogP contribution < -0.4 is 10.3 Å². The van der Waals surface area contributed by atoms with Crippen LogP contribution in [0.1, 0.15) is 24.0 Å². The summed E-state index contributed by atoms with van der Waals surface area (Å²) in [5.41, 5.74) is 5.01. The summed E-state index contributed by atoms with van der Waals surface area (Å²) >= 11 is 0. The van der Waals surface area contributed by atoms with Gasteiger partial charge in [0.1, 0.15) is 5.69 Å². The largest absolute Gasteiger partial charge is 0.323 e. The second kappa shape index (κ2) is 3.91. The predicted molar refractivity (Wildman–Crippen MR) is 69.7 cm³/mol. The Morgan fingerprint density at radius 1 is 1.19 bits per heavy atom. The highest BCUT2D eigenvalue weighted by atomic mass is 15.3. The number of nitrogens with zero attached hydrogens (tertiary/aromatic N) is 2. The second-order valence-corrected chi connectivity index (χ2v) is 5.28. The lowest BCUT2D eigenvalue weighted by Crippen LogP contribution is -2.35. The van der Waals surface area contributed by atoms with E-state index in [1.807, 2.05) is 0 Å². The van der Waals surface area contributed by atoms with E-state index in [1.54, 1.807) is 0 Å². The van der Waals surface area contributed by atoms with Gasteiger partial charge in [-0.05, 0) is 37.0 Å². The van der Waals surface area contributed by atoms with Crippen molar-refractivity contribution >= 4 is 11.4 Å². The molecule has 2 rings (SSSR count). The maximum absolute atomic E-state index is 5.43. The van der Waals surface area contributed by atoms with Gasteiger partial charge < -0.3 is 5.84 Å². The summed E-state index contributed by atoms with van der Waals surface area (Å²) in [7, 11) is 6.55. The van der Waals surface area contributed by atoms with E-state index in [2.05, 4.69) is 44.4 Å². The van der Waals surface area contributed by atoms with Gasteiger partial charge in [0.25, 0.3) is 0 Å². The zero-order valence-corrected chi connectivity index (χ0v) is 10.3. The quantitative estimate of drug-likeness (QED) is 0.436. The Kier molecular flexibility index (Phi) is 2.72. The van der Waals surface area contributed by atoms with Crippen LogP contribution in [0.15, 0.2) is 23.3 Å². The molecule has 1 aromatic carbocycles. The van der Waals surface area contributed by atoms with Crippen molar-refractivity contribution in [1.82, 2.24) is 4.48 Å². The summed E-state index contributed by atoms with van der Waals surface area (Å²) < 4.78 is 0.850. The van der Waals surface area contributed by atoms with Crippen LogP contribution in [0.25, 0.3) is 0 Å². The molecule has 16 heavy (non-hydrogen) atoms. The van der Waals surface area contributed by atoms with Gasteiger partial charge in [-0.1, -0.05) is 0 Å². The number of hydrazone groups is 1. The highest BCUT2D eigenvalue weighted by Gasteiger charge is 2.19. The molecule has 0 aromatic heterocycles. The van der Waals surface area contributed by atoms with Crippen molar-refractivity contribution in [3.05, 3.63) is 29.3 Å². The van der Waals surface area contributed by atoms with Crippen molar-refractivity contribution in [3.63, 3.8) is 0 Å². The monoisotopic (exact) mass is 218 g/mol. The molecular weight excluding hydrogens is 198 g/mol. The van der Waals surface area contributed by atoms with Gasteiger partial charge in [0.15, 0.2) is 0 Å². The molecule has 0 saturated heterocycles. The number of benzene rings is 1. The number of aryl methyl sites for hydroxylation is 1. The maximum Gasteiger partial charge on any atom is 0.132 e. The molecule has 0 unspecified atom stereocenters. The lowest BCUT2D eigenvalue weighted by Gasteiger charge is -2.26. The fourth-order valence-electron chi connectivity index (χ4n) is 2.20. The smallest absolute Gasteiger partial charge is 0.132 e. The van der Waals surface area contributed by atoms with Crippen LogP contribution in [0, 0.1) is 0 Å². The zero-order chi connectivity index (χ0) is 11.8. The summed E-state index contributed by atoms with van der Waals surface area (Å²) in [6, 6.07) is 6.63. The predicted octanol–water partition coefficient (Wildman–Crippen LogP) is 1.88. The first kappa shape index (κ1) is 11.1. The van der Waals surface area contributed by atoms with Crippen LogP contribution in [0.2, 0.25) is 0 Å². The van der Waals surface area contributed by atoms with Gasteiger partial charge in [-0.2, -0.15) is 5.10 Å². The Hall–Kier alpha value is -1.35. The molecule has 1 aromatic rings. The lowest BCUT2D eigenvalue weighted by molar-refractivity contribution is 0.486. The molecule has 3 nitrogen and oxygen atoms in total. The molecule has 0 aliphatic heterocycles. The molecular formula is C13H20N3+. The van der Waals surface area contributed by atoms with Gasteiger partial charge >= 0.3 is 0 Å². The molecule has 2 N–H and O–H groups in total. The molecule has 86 valence electrons. The van der Waals surface area contributed by atoms with E-state index in [1.165, 1.54) is 16.8 Å². The Morgan fingerprint density at radius 2 is 1.94 bits per heavy atom. The molecule has 0 radical (unpaired) electrons. The van der Waals surface area contributed by atoms with Crippen LogP contribution in [-0.2, 0) is 6.42 Å². The first-order chi connectivity index (χ1) is 7.52. The van der Waals surface area contributed by atoms with E-state index in [9.17, 15) is 0 Å². The van der Waals surface area contributed by atoms with Gasteiger partial charge in [-0.3, -0.25) is 4.48 Å². The molecule has 0 fully saturated rings. The van der Waals surface area contributed by atoms with Crippen LogP contribution in [0.4, 0.5) is 5.69 Å². The van der Waals surface area contributed by atoms with Gasteiger partial charge in [0.2, 0.25) is 0 Å². The minimum Gasteiger partial charge on any atom is -0.323 e. The van der Waals surface area contributed by atoms with E-state index in [0.717, 1.165) is 29.5 Å². The van der Waals surface area contributed by atoms with Crippen molar-refractivity contribution in [3.8, 4) is 0 Å². The molecule has 0 amide bonds. The van der Waals surface area contributed by atoms with Crippen molar-refractivity contribution in [2.24, 2.45) is 10.9 Å². The standard InChI is InChI=1S/C13H20N3/c1-16(2,3)11-7-8-12-10(9-11)5-4-6-13(12)15-14/h7-9H,4-6,14H2,1-3H3/q+1. The third-order valence-electron chi connectivity index (χ3n) is 3.19. The molecule has 0 heterocycles. The molecule has 3 heteroatoms. The molecule has 1 aliphatic carbocycles. The van der Waals surface area contributed by atoms with Gasteiger partial charge in [-0.25, -0.2) is 0 Å².